The van der Waals surface area contributed by atoms with Gasteiger partial charge in [-0.25, -0.2) is 4.79 Å². The second-order valence-electron chi connectivity index (χ2n) is 4.40. The number of carbonyl (C=O) groups is 2. The zero-order chi connectivity index (χ0) is 12.2. The molecule has 0 rings (SSSR count). The minimum absolute atomic E-state index is 0.117. The quantitative estimate of drug-likeness (QED) is 0.618. The van der Waals surface area contributed by atoms with Crippen molar-refractivity contribution in [1.29, 1.82) is 0 Å². The van der Waals surface area contributed by atoms with Crippen LogP contribution in [-0.2, 0) is 9.59 Å². The Kier molecular flexibility index (Phi) is 4.74. The Balaban J connectivity index is 4.57. The molecule has 4 N–H and O–H groups in total. The number of hydrogen-bond acceptors (Lipinski definition) is 3. The molecule has 1 amide bonds. The lowest BCUT2D eigenvalue weighted by Crippen LogP contribution is -2.55. The smallest absolute Gasteiger partial charge is 0.326 e. The van der Waals surface area contributed by atoms with E-state index in [-0.39, 0.29) is 5.92 Å². The van der Waals surface area contributed by atoms with Gasteiger partial charge in [0.15, 0.2) is 0 Å². The summed E-state index contributed by atoms with van der Waals surface area (Å²) in [6.45, 7) is 6.73. The van der Waals surface area contributed by atoms with Crippen molar-refractivity contribution >= 4 is 11.9 Å². The Labute approximate surface area is 90.0 Å². The van der Waals surface area contributed by atoms with Gasteiger partial charge in [-0.2, -0.15) is 0 Å². The van der Waals surface area contributed by atoms with Gasteiger partial charge in [0.1, 0.15) is 6.04 Å². The average Bonchev–Trinajstić information content (AvgIpc) is 2.10. The SMILES string of the molecule is CCC(C)[C@H](NC(=O)C(C)(C)N)C(=O)O. The zero-order valence-electron chi connectivity index (χ0n) is 9.70. The van der Waals surface area contributed by atoms with Crippen molar-refractivity contribution < 1.29 is 14.7 Å². The lowest BCUT2D eigenvalue weighted by molar-refractivity contribution is -0.144. The van der Waals surface area contributed by atoms with Crippen LogP contribution in [0.2, 0.25) is 0 Å². The number of carboxylic acids is 1. The van der Waals surface area contributed by atoms with E-state index >= 15 is 0 Å². The summed E-state index contributed by atoms with van der Waals surface area (Å²) in [5, 5.41) is 11.4. The van der Waals surface area contributed by atoms with Crippen molar-refractivity contribution in [2.75, 3.05) is 0 Å². The van der Waals surface area contributed by atoms with Crippen LogP contribution in [0.5, 0.6) is 0 Å². The summed E-state index contributed by atoms with van der Waals surface area (Å²) >= 11 is 0. The molecule has 0 saturated carbocycles. The molecule has 0 aromatic carbocycles. The normalized spacial score (nSPS) is 15.5. The zero-order valence-corrected chi connectivity index (χ0v) is 9.70. The molecule has 0 bridgehead atoms. The molecule has 0 aliphatic heterocycles. The molecule has 1 unspecified atom stereocenters. The largest absolute Gasteiger partial charge is 0.480 e. The third-order valence-corrected chi connectivity index (χ3v) is 2.35. The van der Waals surface area contributed by atoms with Gasteiger partial charge in [-0.05, 0) is 19.8 Å². The van der Waals surface area contributed by atoms with Gasteiger partial charge < -0.3 is 16.2 Å². The number of hydrogen-bond donors (Lipinski definition) is 3. The Hall–Kier alpha value is -1.10. The number of carbonyl (C=O) groups excluding carboxylic acids is 1. The molecule has 0 fully saturated rings. The predicted molar refractivity (Wildman–Crippen MR) is 57.3 cm³/mol. The van der Waals surface area contributed by atoms with Crippen LogP contribution in [0, 0.1) is 5.92 Å². The summed E-state index contributed by atoms with van der Waals surface area (Å²) in [7, 11) is 0. The third-order valence-electron chi connectivity index (χ3n) is 2.35. The Morgan fingerprint density at radius 3 is 2.20 bits per heavy atom. The van der Waals surface area contributed by atoms with E-state index in [2.05, 4.69) is 5.32 Å². The highest BCUT2D eigenvalue weighted by Crippen LogP contribution is 2.09. The molecular weight excluding hydrogens is 196 g/mol. The van der Waals surface area contributed by atoms with Crippen LogP contribution in [-0.4, -0.2) is 28.6 Å². The maximum Gasteiger partial charge on any atom is 0.326 e. The minimum Gasteiger partial charge on any atom is -0.480 e. The van der Waals surface area contributed by atoms with Gasteiger partial charge >= 0.3 is 5.97 Å². The second-order valence-corrected chi connectivity index (χ2v) is 4.40. The van der Waals surface area contributed by atoms with E-state index in [1.807, 2.05) is 6.92 Å². The van der Waals surface area contributed by atoms with Crippen molar-refractivity contribution in [2.24, 2.45) is 11.7 Å². The molecule has 0 saturated heterocycles. The maximum absolute atomic E-state index is 11.5. The van der Waals surface area contributed by atoms with E-state index in [0.29, 0.717) is 6.42 Å². The van der Waals surface area contributed by atoms with Gasteiger partial charge in [0.05, 0.1) is 5.54 Å². The first kappa shape index (κ1) is 13.9. The van der Waals surface area contributed by atoms with E-state index in [1.165, 1.54) is 13.8 Å². The summed E-state index contributed by atoms with van der Waals surface area (Å²) < 4.78 is 0. The molecule has 88 valence electrons. The van der Waals surface area contributed by atoms with Gasteiger partial charge in [0.2, 0.25) is 5.91 Å². The average molecular weight is 216 g/mol. The molecule has 0 aromatic rings. The van der Waals surface area contributed by atoms with Crippen molar-refractivity contribution in [3.63, 3.8) is 0 Å². The number of nitrogens with two attached hydrogens (primary N) is 1. The number of amides is 1. The van der Waals surface area contributed by atoms with Gasteiger partial charge in [0.25, 0.3) is 0 Å². The molecule has 0 spiro atoms. The number of aliphatic carboxylic acids is 1. The van der Waals surface area contributed by atoms with Crippen LogP contribution >= 0.6 is 0 Å². The van der Waals surface area contributed by atoms with Crippen LogP contribution in [0.15, 0.2) is 0 Å². The molecule has 2 atom stereocenters. The molecule has 5 nitrogen and oxygen atoms in total. The van der Waals surface area contributed by atoms with Crippen LogP contribution in [0.3, 0.4) is 0 Å². The highest BCUT2D eigenvalue weighted by Gasteiger charge is 2.30. The van der Waals surface area contributed by atoms with Crippen LogP contribution in [0.4, 0.5) is 0 Å². The monoisotopic (exact) mass is 216 g/mol. The first-order chi connectivity index (χ1) is 6.70. The van der Waals surface area contributed by atoms with E-state index in [4.69, 9.17) is 10.8 Å². The van der Waals surface area contributed by atoms with Crippen LogP contribution in [0.1, 0.15) is 34.1 Å². The second kappa shape index (κ2) is 5.11. The van der Waals surface area contributed by atoms with E-state index in [9.17, 15) is 9.59 Å². The highest BCUT2D eigenvalue weighted by atomic mass is 16.4. The van der Waals surface area contributed by atoms with Gasteiger partial charge in [-0.3, -0.25) is 4.79 Å². The summed E-state index contributed by atoms with van der Waals surface area (Å²) in [4.78, 5) is 22.4. The molecule has 0 aliphatic carbocycles. The third kappa shape index (κ3) is 4.29. The van der Waals surface area contributed by atoms with Crippen LogP contribution < -0.4 is 11.1 Å². The summed E-state index contributed by atoms with van der Waals surface area (Å²) in [5.41, 5.74) is 4.51. The maximum atomic E-state index is 11.5. The lowest BCUT2D eigenvalue weighted by Gasteiger charge is -2.25. The molecule has 0 heterocycles. The fourth-order valence-corrected chi connectivity index (χ4v) is 1.01. The number of carboxylic acid groups (broad SMARTS) is 1. The van der Waals surface area contributed by atoms with Crippen molar-refractivity contribution in [1.82, 2.24) is 5.32 Å². The fourth-order valence-electron chi connectivity index (χ4n) is 1.01. The molecule has 0 aliphatic rings. The summed E-state index contributed by atoms with van der Waals surface area (Å²) in [6.07, 6.45) is 0.683. The Morgan fingerprint density at radius 1 is 1.47 bits per heavy atom. The molecular formula is C10H20N2O3. The van der Waals surface area contributed by atoms with Gasteiger partial charge in [-0.1, -0.05) is 20.3 Å². The summed E-state index contributed by atoms with van der Waals surface area (Å²) in [5.74, 6) is -1.59. The minimum atomic E-state index is -1.05. The Bertz CT molecular complexity index is 246. The highest BCUT2D eigenvalue weighted by molar-refractivity contribution is 5.89. The summed E-state index contributed by atoms with van der Waals surface area (Å²) in [6, 6.07) is -0.870. The van der Waals surface area contributed by atoms with E-state index < -0.39 is 23.5 Å². The van der Waals surface area contributed by atoms with Gasteiger partial charge in [0, 0.05) is 0 Å². The first-order valence-corrected chi connectivity index (χ1v) is 5.02. The molecule has 0 radical (unpaired) electrons. The van der Waals surface area contributed by atoms with Crippen molar-refractivity contribution in [3.05, 3.63) is 0 Å². The number of rotatable bonds is 5. The van der Waals surface area contributed by atoms with Gasteiger partial charge in [-0.15, -0.1) is 0 Å². The number of nitrogens with one attached hydrogen (secondary N) is 1. The van der Waals surface area contributed by atoms with Crippen molar-refractivity contribution in [2.45, 2.75) is 45.7 Å². The standard InChI is InChI=1S/C10H20N2O3/c1-5-6(2)7(8(13)14)12-9(15)10(3,4)11/h6-7H,5,11H2,1-4H3,(H,12,15)(H,13,14)/t6?,7-/m0/s1. The van der Waals surface area contributed by atoms with E-state index in [1.54, 1.807) is 6.92 Å². The lowest BCUT2D eigenvalue weighted by atomic mass is 9.97. The first-order valence-electron chi connectivity index (χ1n) is 5.02. The fraction of sp³-hybridized carbons (Fsp3) is 0.800. The predicted octanol–water partition coefficient (Wildman–Crippen LogP) is 0.339. The topological polar surface area (TPSA) is 92.4 Å². The Morgan fingerprint density at radius 2 is 1.93 bits per heavy atom. The molecule has 5 heteroatoms. The molecule has 15 heavy (non-hydrogen) atoms. The van der Waals surface area contributed by atoms with E-state index in [0.717, 1.165) is 0 Å². The van der Waals surface area contributed by atoms with Crippen LogP contribution in [0.25, 0.3) is 0 Å². The van der Waals surface area contributed by atoms with Crippen molar-refractivity contribution in [3.8, 4) is 0 Å². The molecule has 0 aromatic heterocycles.